The zero-order chi connectivity index (χ0) is 20.9. The third kappa shape index (κ3) is 3.06. The molecule has 1 aromatic heterocycles. The molecule has 2 heterocycles. The van der Waals surface area contributed by atoms with Gasteiger partial charge in [-0.25, -0.2) is 17.6 Å². The molecule has 1 aliphatic heterocycles. The summed E-state index contributed by atoms with van der Waals surface area (Å²) in [7, 11) is -4.07. The number of aryl methyl sites for hydroxylation is 1. The van der Waals surface area contributed by atoms with Gasteiger partial charge in [-0.05, 0) is 49.4 Å². The highest BCUT2D eigenvalue weighted by molar-refractivity contribution is 7.92. The Morgan fingerprint density at radius 2 is 1.93 bits per heavy atom. The molecule has 7 nitrogen and oxygen atoms in total. The van der Waals surface area contributed by atoms with Crippen molar-refractivity contribution in [1.29, 1.82) is 0 Å². The van der Waals surface area contributed by atoms with Gasteiger partial charge in [-0.2, -0.15) is 5.10 Å². The van der Waals surface area contributed by atoms with Crippen molar-refractivity contribution in [1.82, 2.24) is 9.78 Å². The molecule has 0 spiro atoms. The van der Waals surface area contributed by atoms with E-state index in [0.717, 1.165) is 16.4 Å². The highest BCUT2D eigenvalue weighted by Crippen LogP contribution is 2.42. The van der Waals surface area contributed by atoms with E-state index in [9.17, 15) is 22.7 Å². The number of rotatable bonds is 4. The van der Waals surface area contributed by atoms with E-state index < -0.39 is 21.8 Å². The summed E-state index contributed by atoms with van der Waals surface area (Å²) >= 11 is 5.86. The quantitative estimate of drug-likeness (QED) is 0.673. The molecule has 3 aromatic rings. The van der Waals surface area contributed by atoms with Crippen LogP contribution >= 0.6 is 11.6 Å². The van der Waals surface area contributed by atoms with Crippen molar-refractivity contribution >= 4 is 33.3 Å². The minimum absolute atomic E-state index is 0.0135. The molecule has 0 amide bonds. The van der Waals surface area contributed by atoms with Crippen molar-refractivity contribution in [2.45, 2.75) is 24.9 Å². The van der Waals surface area contributed by atoms with Gasteiger partial charge in [-0.15, -0.1) is 0 Å². The van der Waals surface area contributed by atoms with E-state index in [1.807, 2.05) is 0 Å². The number of hydrogen-bond acceptors (Lipinski definition) is 4. The van der Waals surface area contributed by atoms with Crippen LogP contribution in [0.15, 0.2) is 47.4 Å². The minimum Gasteiger partial charge on any atom is -0.477 e. The zero-order valence-corrected chi connectivity index (χ0v) is 16.7. The number of benzene rings is 2. The molecule has 0 unspecified atom stereocenters. The average molecular weight is 436 g/mol. The molecule has 4 rings (SSSR count). The number of anilines is 1. The van der Waals surface area contributed by atoms with Crippen LogP contribution in [0.25, 0.3) is 11.3 Å². The normalized spacial score (nSPS) is 13.1. The summed E-state index contributed by atoms with van der Waals surface area (Å²) < 4.78 is 43.0. The number of carboxylic acids is 1. The van der Waals surface area contributed by atoms with Crippen LogP contribution in [0.5, 0.6) is 0 Å². The second-order valence-corrected chi connectivity index (χ2v) is 8.72. The van der Waals surface area contributed by atoms with Crippen LogP contribution in [0, 0.1) is 5.82 Å². The van der Waals surface area contributed by atoms with E-state index in [0.29, 0.717) is 5.02 Å². The van der Waals surface area contributed by atoms with Crippen molar-refractivity contribution < 1.29 is 22.7 Å². The van der Waals surface area contributed by atoms with E-state index >= 15 is 0 Å². The minimum atomic E-state index is -4.07. The second kappa shape index (κ2) is 6.85. The lowest BCUT2D eigenvalue weighted by atomic mass is 10.00. The summed E-state index contributed by atoms with van der Waals surface area (Å²) in [6, 6.07) is 9.31. The summed E-state index contributed by atoms with van der Waals surface area (Å²) in [5.41, 5.74) is 0.815. The molecule has 0 saturated carbocycles. The van der Waals surface area contributed by atoms with Crippen LogP contribution < -0.4 is 4.31 Å². The van der Waals surface area contributed by atoms with Crippen molar-refractivity contribution in [2.24, 2.45) is 0 Å². The number of halogens is 2. The highest BCUT2D eigenvalue weighted by Gasteiger charge is 2.37. The van der Waals surface area contributed by atoms with Crippen LogP contribution in [-0.4, -0.2) is 29.3 Å². The number of fused-ring (bicyclic) bond motifs is 3. The van der Waals surface area contributed by atoms with Gasteiger partial charge in [-0.1, -0.05) is 11.6 Å². The van der Waals surface area contributed by atoms with Crippen LogP contribution in [-0.2, 0) is 23.1 Å². The van der Waals surface area contributed by atoms with Gasteiger partial charge in [-0.3, -0.25) is 8.99 Å². The number of nitrogens with zero attached hydrogens (tertiary/aromatic N) is 3. The maximum absolute atomic E-state index is 14.0. The number of sulfonamides is 1. The summed E-state index contributed by atoms with van der Waals surface area (Å²) in [6.07, 6.45) is 0. The average Bonchev–Trinajstić information content (AvgIpc) is 3.06. The molecule has 0 radical (unpaired) electrons. The Morgan fingerprint density at radius 1 is 1.24 bits per heavy atom. The number of aromatic carboxylic acids is 1. The fourth-order valence-corrected chi connectivity index (χ4v) is 5.00. The van der Waals surface area contributed by atoms with Gasteiger partial charge >= 0.3 is 5.97 Å². The first kappa shape index (κ1) is 19.4. The Hall–Kier alpha value is -2.91. The smallest absolute Gasteiger partial charge is 0.354 e. The van der Waals surface area contributed by atoms with Crippen molar-refractivity contribution in [3.05, 3.63) is 64.6 Å². The van der Waals surface area contributed by atoms with Crippen molar-refractivity contribution in [2.75, 3.05) is 4.31 Å². The van der Waals surface area contributed by atoms with Gasteiger partial charge in [0, 0.05) is 22.7 Å². The lowest BCUT2D eigenvalue weighted by Gasteiger charge is -2.30. The molecular formula is C19H15ClFN3O4S. The van der Waals surface area contributed by atoms with E-state index in [-0.39, 0.29) is 46.2 Å². The number of carboxylic acid groups (broad SMARTS) is 1. The maximum Gasteiger partial charge on any atom is 0.354 e. The van der Waals surface area contributed by atoms with E-state index in [2.05, 4.69) is 5.10 Å². The number of carbonyl (C=O) groups is 1. The van der Waals surface area contributed by atoms with Crippen LogP contribution in [0.1, 0.15) is 23.0 Å². The molecular weight excluding hydrogens is 421 g/mol. The molecule has 10 heteroatoms. The second-order valence-electron chi connectivity index (χ2n) is 6.42. The Bertz CT molecular complexity index is 1240. The van der Waals surface area contributed by atoms with Gasteiger partial charge in [0.15, 0.2) is 5.69 Å². The van der Waals surface area contributed by atoms with Crippen LogP contribution in [0.2, 0.25) is 5.02 Å². The van der Waals surface area contributed by atoms with E-state index in [1.54, 1.807) is 6.92 Å². The molecule has 0 fully saturated rings. The summed E-state index contributed by atoms with van der Waals surface area (Å²) in [5.74, 6) is -1.81. The van der Waals surface area contributed by atoms with Gasteiger partial charge in [0.2, 0.25) is 0 Å². The predicted molar refractivity (Wildman–Crippen MR) is 105 cm³/mol. The monoisotopic (exact) mass is 435 g/mol. The van der Waals surface area contributed by atoms with E-state index in [1.165, 1.54) is 35.0 Å². The third-order valence-corrected chi connectivity index (χ3v) is 6.76. The molecule has 0 bridgehead atoms. The first-order valence-corrected chi connectivity index (χ1v) is 10.5. The fraction of sp³-hybridized carbons (Fsp3) is 0.158. The maximum atomic E-state index is 14.0. The predicted octanol–water partition coefficient (Wildman–Crippen LogP) is 3.77. The van der Waals surface area contributed by atoms with Crippen molar-refractivity contribution in [3.63, 3.8) is 0 Å². The number of hydrogen-bond donors (Lipinski definition) is 1. The van der Waals surface area contributed by atoms with Crippen molar-refractivity contribution in [3.8, 4) is 11.3 Å². The lowest BCUT2D eigenvalue weighted by molar-refractivity contribution is 0.0682. The number of aromatic nitrogens is 2. The molecule has 0 aliphatic carbocycles. The zero-order valence-electron chi connectivity index (χ0n) is 15.1. The first-order chi connectivity index (χ1) is 13.7. The Balaban J connectivity index is 1.97. The molecule has 150 valence electrons. The van der Waals surface area contributed by atoms with Gasteiger partial charge in [0.05, 0.1) is 17.1 Å². The molecule has 1 aliphatic rings. The SMILES string of the molecule is CCn1nc2c(c1C(=O)O)CN(S(=O)(=O)c1ccc(Cl)cc1)c1ccc(F)cc1-2. The summed E-state index contributed by atoms with van der Waals surface area (Å²) in [4.78, 5) is 11.8. The topological polar surface area (TPSA) is 92.5 Å². The Labute approximate surface area is 171 Å². The molecule has 29 heavy (non-hydrogen) atoms. The summed E-state index contributed by atoms with van der Waals surface area (Å²) in [6.45, 7) is 1.75. The molecule has 0 atom stereocenters. The lowest BCUT2D eigenvalue weighted by Crippen LogP contribution is -2.33. The Morgan fingerprint density at radius 3 is 2.55 bits per heavy atom. The molecule has 2 aromatic carbocycles. The van der Waals surface area contributed by atoms with Crippen LogP contribution in [0.3, 0.4) is 0 Å². The highest BCUT2D eigenvalue weighted by atomic mass is 35.5. The molecule has 1 N–H and O–H groups in total. The largest absolute Gasteiger partial charge is 0.477 e. The summed E-state index contributed by atoms with van der Waals surface area (Å²) in [5, 5.41) is 14.3. The van der Waals surface area contributed by atoms with Gasteiger partial charge in [0.25, 0.3) is 10.0 Å². The molecule has 0 saturated heterocycles. The van der Waals surface area contributed by atoms with E-state index in [4.69, 9.17) is 11.6 Å². The van der Waals surface area contributed by atoms with Gasteiger partial charge < -0.3 is 5.11 Å². The Kier molecular flexibility index (Phi) is 4.59. The fourth-order valence-electron chi connectivity index (χ4n) is 3.43. The third-order valence-electron chi connectivity index (χ3n) is 4.74. The van der Waals surface area contributed by atoms with Crippen LogP contribution in [0.4, 0.5) is 10.1 Å². The first-order valence-electron chi connectivity index (χ1n) is 8.65. The standard InChI is InChI=1S/C19H15ClFN3O4S/c1-2-23-18(19(25)26)15-10-24(29(27,28)13-6-3-11(20)4-7-13)16-8-5-12(21)9-14(16)17(15)22-23/h3-9H,2,10H2,1H3,(H,25,26). The van der Waals surface area contributed by atoms with Gasteiger partial charge in [0.1, 0.15) is 11.5 Å².